The summed E-state index contributed by atoms with van der Waals surface area (Å²) in [5.41, 5.74) is 3.44. The lowest BCUT2D eigenvalue weighted by atomic mass is 10.1. The molecule has 0 saturated heterocycles. The molecule has 0 fully saturated rings. The molecule has 1 N–H and O–H groups in total. The molecule has 26 heavy (non-hydrogen) atoms. The smallest absolute Gasteiger partial charge is 0.204 e. The number of hydrogen-bond donors (Lipinski definition) is 1. The van der Waals surface area contributed by atoms with E-state index in [9.17, 15) is 4.39 Å². The fraction of sp³-hybridized carbons (Fsp3) is 0.0526. The second-order valence-electron chi connectivity index (χ2n) is 5.70. The van der Waals surface area contributed by atoms with E-state index in [1.54, 1.807) is 12.1 Å². The number of benzene rings is 2. The van der Waals surface area contributed by atoms with E-state index >= 15 is 0 Å². The third-order valence-corrected chi connectivity index (χ3v) is 3.76. The van der Waals surface area contributed by atoms with Crippen molar-refractivity contribution >= 4 is 0 Å². The molecule has 0 amide bonds. The number of aromatic amines is 1. The van der Waals surface area contributed by atoms with Crippen molar-refractivity contribution in [2.75, 3.05) is 0 Å². The predicted molar refractivity (Wildman–Crippen MR) is 94.1 cm³/mol. The molecule has 128 valence electrons. The highest BCUT2D eigenvalue weighted by Crippen LogP contribution is 2.27. The largest absolute Gasteiger partial charge is 0.457 e. The molecule has 0 aliphatic heterocycles. The van der Waals surface area contributed by atoms with Gasteiger partial charge in [-0.25, -0.2) is 4.39 Å². The summed E-state index contributed by atoms with van der Waals surface area (Å²) in [7, 11) is 0. The Kier molecular flexibility index (Phi) is 4.10. The maximum absolute atomic E-state index is 13.0. The van der Waals surface area contributed by atoms with Gasteiger partial charge in [-0.05, 0) is 72.8 Å². The van der Waals surface area contributed by atoms with Crippen LogP contribution in [0.15, 0.2) is 60.7 Å². The van der Waals surface area contributed by atoms with Gasteiger partial charge in [0.2, 0.25) is 5.82 Å². The Bertz CT molecular complexity index is 1020. The molecule has 0 spiro atoms. The van der Waals surface area contributed by atoms with Crippen molar-refractivity contribution in [3.8, 4) is 34.1 Å². The van der Waals surface area contributed by atoms with E-state index in [1.807, 2.05) is 43.3 Å². The Morgan fingerprint density at radius 3 is 2.23 bits per heavy atom. The van der Waals surface area contributed by atoms with Crippen LogP contribution in [0.25, 0.3) is 22.6 Å². The number of halogens is 1. The maximum atomic E-state index is 13.0. The van der Waals surface area contributed by atoms with Gasteiger partial charge in [0, 0.05) is 16.8 Å². The SMILES string of the molecule is Cc1cc(-c2nn[nH]n2)cc(-c2ccc(Oc3ccc(F)cc3)cc2)n1. The lowest BCUT2D eigenvalue weighted by molar-refractivity contribution is 0.480. The molecule has 0 aliphatic carbocycles. The molecule has 2 heterocycles. The first kappa shape index (κ1) is 15.9. The third-order valence-electron chi connectivity index (χ3n) is 3.76. The van der Waals surface area contributed by atoms with E-state index < -0.39 is 0 Å². The van der Waals surface area contributed by atoms with Gasteiger partial charge < -0.3 is 4.74 Å². The number of nitrogens with one attached hydrogen (secondary N) is 1. The number of tetrazole rings is 1. The van der Waals surface area contributed by atoms with Crippen LogP contribution in [0.1, 0.15) is 5.69 Å². The molecule has 0 saturated carbocycles. The summed E-state index contributed by atoms with van der Waals surface area (Å²) >= 11 is 0. The third kappa shape index (κ3) is 3.41. The van der Waals surface area contributed by atoms with E-state index in [1.165, 1.54) is 12.1 Å². The van der Waals surface area contributed by atoms with E-state index in [4.69, 9.17) is 4.74 Å². The lowest BCUT2D eigenvalue weighted by Crippen LogP contribution is -1.91. The molecule has 4 rings (SSSR count). The molecular formula is C19H14FN5O. The fourth-order valence-electron chi connectivity index (χ4n) is 2.56. The molecule has 2 aromatic carbocycles. The van der Waals surface area contributed by atoms with Crippen molar-refractivity contribution in [2.45, 2.75) is 6.92 Å². The Balaban J connectivity index is 1.59. The summed E-state index contributed by atoms with van der Waals surface area (Å²) in [4.78, 5) is 4.57. The first-order valence-electron chi connectivity index (χ1n) is 7.94. The van der Waals surface area contributed by atoms with Gasteiger partial charge in [-0.15, -0.1) is 10.2 Å². The average Bonchev–Trinajstić information content (AvgIpc) is 3.19. The van der Waals surface area contributed by atoms with Crippen LogP contribution in [0.2, 0.25) is 0 Å². The molecule has 0 bridgehead atoms. The number of rotatable bonds is 4. The first-order valence-corrected chi connectivity index (χ1v) is 7.94. The zero-order chi connectivity index (χ0) is 17.9. The number of aromatic nitrogens is 5. The normalized spacial score (nSPS) is 10.7. The van der Waals surface area contributed by atoms with Crippen LogP contribution in [-0.2, 0) is 0 Å². The van der Waals surface area contributed by atoms with E-state index in [0.29, 0.717) is 17.3 Å². The van der Waals surface area contributed by atoms with E-state index in [2.05, 4.69) is 25.6 Å². The van der Waals surface area contributed by atoms with Gasteiger partial charge in [-0.3, -0.25) is 4.98 Å². The number of pyridine rings is 1. The zero-order valence-corrected chi connectivity index (χ0v) is 13.8. The summed E-state index contributed by atoms with van der Waals surface area (Å²) in [5.74, 6) is 1.46. The standard InChI is InChI=1S/C19H14FN5O/c1-12-10-14(19-22-24-25-23-19)11-18(21-12)13-2-6-16(7-3-13)26-17-8-4-15(20)5-9-17/h2-11H,1H3,(H,22,23,24,25). The number of aryl methyl sites for hydroxylation is 1. The van der Waals surface area contributed by atoms with Crippen LogP contribution in [0.4, 0.5) is 4.39 Å². The molecule has 0 aliphatic rings. The molecule has 7 heteroatoms. The second-order valence-corrected chi connectivity index (χ2v) is 5.70. The Labute approximate surface area is 148 Å². The minimum atomic E-state index is -0.296. The highest BCUT2D eigenvalue weighted by Gasteiger charge is 2.08. The van der Waals surface area contributed by atoms with Gasteiger partial charge in [0.1, 0.15) is 17.3 Å². The van der Waals surface area contributed by atoms with Crippen LogP contribution >= 0.6 is 0 Å². The van der Waals surface area contributed by atoms with Crippen LogP contribution in [0.3, 0.4) is 0 Å². The summed E-state index contributed by atoms with van der Waals surface area (Å²) < 4.78 is 18.7. The minimum absolute atomic E-state index is 0.296. The second kappa shape index (κ2) is 6.72. The monoisotopic (exact) mass is 347 g/mol. The van der Waals surface area contributed by atoms with Crippen molar-refractivity contribution in [2.24, 2.45) is 0 Å². The Morgan fingerprint density at radius 1 is 0.885 bits per heavy atom. The molecular weight excluding hydrogens is 333 g/mol. The van der Waals surface area contributed by atoms with Crippen molar-refractivity contribution in [1.29, 1.82) is 0 Å². The van der Waals surface area contributed by atoms with Crippen molar-refractivity contribution in [3.63, 3.8) is 0 Å². The number of ether oxygens (including phenoxy) is 1. The van der Waals surface area contributed by atoms with Gasteiger partial charge >= 0.3 is 0 Å². The Morgan fingerprint density at radius 2 is 1.58 bits per heavy atom. The maximum Gasteiger partial charge on any atom is 0.204 e. The molecule has 2 aromatic heterocycles. The van der Waals surface area contributed by atoms with Crippen LogP contribution in [0.5, 0.6) is 11.5 Å². The quantitative estimate of drug-likeness (QED) is 0.599. The fourth-order valence-corrected chi connectivity index (χ4v) is 2.56. The molecule has 0 unspecified atom stereocenters. The molecule has 4 aromatic rings. The number of H-pyrrole nitrogens is 1. The van der Waals surface area contributed by atoms with E-state index in [0.717, 1.165) is 22.5 Å². The van der Waals surface area contributed by atoms with Gasteiger partial charge in [0.15, 0.2) is 0 Å². The van der Waals surface area contributed by atoms with Crippen LogP contribution in [-0.4, -0.2) is 25.6 Å². The number of nitrogens with zero attached hydrogens (tertiary/aromatic N) is 4. The molecule has 0 atom stereocenters. The van der Waals surface area contributed by atoms with E-state index in [-0.39, 0.29) is 5.82 Å². The lowest BCUT2D eigenvalue weighted by Gasteiger charge is -2.08. The van der Waals surface area contributed by atoms with Gasteiger partial charge in [-0.2, -0.15) is 5.21 Å². The van der Waals surface area contributed by atoms with Crippen LogP contribution < -0.4 is 4.74 Å². The topological polar surface area (TPSA) is 76.6 Å². The average molecular weight is 347 g/mol. The van der Waals surface area contributed by atoms with Crippen LogP contribution in [0, 0.1) is 12.7 Å². The van der Waals surface area contributed by atoms with Gasteiger partial charge in [-0.1, -0.05) is 0 Å². The highest BCUT2D eigenvalue weighted by molar-refractivity contribution is 5.67. The minimum Gasteiger partial charge on any atom is -0.457 e. The predicted octanol–water partition coefficient (Wildman–Crippen LogP) is 4.17. The summed E-state index contributed by atoms with van der Waals surface area (Å²) in [6, 6.07) is 17.2. The molecule has 6 nitrogen and oxygen atoms in total. The highest BCUT2D eigenvalue weighted by atomic mass is 19.1. The summed E-state index contributed by atoms with van der Waals surface area (Å²) in [6.07, 6.45) is 0. The summed E-state index contributed by atoms with van der Waals surface area (Å²) in [6.45, 7) is 1.92. The first-order chi connectivity index (χ1) is 12.7. The number of hydrogen-bond acceptors (Lipinski definition) is 5. The molecule has 0 radical (unpaired) electrons. The zero-order valence-electron chi connectivity index (χ0n) is 13.8. The van der Waals surface area contributed by atoms with Crippen molar-refractivity contribution in [3.05, 3.63) is 72.2 Å². The summed E-state index contributed by atoms with van der Waals surface area (Å²) in [5, 5.41) is 14.1. The van der Waals surface area contributed by atoms with Gasteiger partial charge in [0.05, 0.1) is 5.69 Å². The van der Waals surface area contributed by atoms with Gasteiger partial charge in [0.25, 0.3) is 0 Å². The Hall–Kier alpha value is -3.61. The van der Waals surface area contributed by atoms with Crippen molar-refractivity contribution in [1.82, 2.24) is 25.6 Å². The van der Waals surface area contributed by atoms with Crippen molar-refractivity contribution < 1.29 is 9.13 Å².